The number of para-hydroxylation sites is 1. The fraction of sp³-hybridized carbons (Fsp3) is 0.652. The highest BCUT2D eigenvalue weighted by atomic mass is 32.2. The van der Waals surface area contributed by atoms with Gasteiger partial charge >= 0.3 is 16.2 Å². The summed E-state index contributed by atoms with van der Waals surface area (Å²) in [6.45, 7) is 10.2. The zero-order valence-corrected chi connectivity index (χ0v) is 38.4. The van der Waals surface area contributed by atoms with Gasteiger partial charge in [0.1, 0.15) is 22.2 Å². The second-order valence-corrected chi connectivity index (χ2v) is 22.0. The van der Waals surface area contributed by atoms with Crippen LogP contribution in [0.3, 0.4) is 0 Å². The predicted molar refractivity (Wildman–Crippen MR) is 237 cm³/mol. The fourth-order valence-corrected chi connectivity index (χ4v) is 12.1. The number of nitrogens with one attached hydrogen (secondary N) is 1. The Hall–Kier alpha value is -4.15. The summed E-state index contributed by atoms with van der Waals surface area (Å²) in [7, 11) is -4.06. The molecule has 2 aromatic heterocycles. The Kier molecular flexibility index (Phi) is 12.8. The van der Waals surface area contributed by atoms with Crippen molar-refractivity contribution in [2.75, 3.05) is 19.6 Å². The first-order chi connectivity index (χ1) is 29.5. The molecule has 3 aromatic rings. The number of allylic oxidation sites excluding steroid dienone is 2. The summed E-state index contributed by atoms with van der Waals surface area (Å²) in [5.41, 5.74) is 1.69. The Labute approximate surface area is 369 Å². The third-order valence-electron chi connectivity index (χ3n) is 13.3. The minimum atomic E-state index is -4.06. The maximum atomic E-state index is 14.8. The Morgan fingerprint density at radius 3 is 2.48 bits per heavy atom. The van der Waals surface area contributed by atoms with Gasteiger partial charge in [-0.2, -0.15) is 17.7 Å². The molecule has 0 bridgehead atoms. The summed E-state index contributed by atoms with van der Waals surface area (Å²) in [5.74, 6) is -2.43. The number of ketones is 1. The van der Waals surface area contributed by atoms with Gasteiger partial charge in [-0.25, -0.2) is 9.71 Å². The first-order valence-electron chi connectivity index (χ1n) is 22.7. The number of imidazole rings is 1. The van der Waals surface area contributed by atoms with Crippen molar-refractivity contribution in [2.24, 2.45) is 17.3 Å². The van der Waals surface area contributed by atoms with Crippen LogP contribution in [0.25, 0.3) is 21.6 Å². The molecule has 2 saturated carbocycles. The van der Waals surface area contributed by atoms with E-state index in [2.05, 4.69) is 23.9 Å². The van der Waals surface area contributed by atoms with Crippen LogP contribution in [0.5, 0.6) is 6.01 Å². The summed E-state index contributed by atoms with van der Waals surface area (Å²) in [5, 5.41) is 3.07. The molecule has 16 heteroatoms. The molecule has 2 saturated heterocycles. The number of ether oxygens (including phenoxy) is 2. The first-order valence-corrected chi connectivity index (χ1v) is 25.0. The van der Waals surface area contributed by atoms with Crippen LogP contribution in [0.2, 0.25) is 0 Å². The highest BCUT2D eigenvalue weighted by Gasteiger charge is 2.61. The largest absolute Gasteiger partial charge is 0.460 e. The number of aromatic nitrogens is 3. The number of rotatable bonds is 10. The number of hydrogen-bond donors (Lipinski definition) is 1. The predicted octanol–water partition coefficient (Wildman–Crippen LogP) is 7.65. The van der Waals surface area contributed by atoms with Gasteiger partial charge < -0.3 is 14.4 Å². The van der Waals surface area contributed by atoms with E-state index in [9.17, 15) is 27.6 Å². The van der Waals surface area contributed by atoms with E-state index in [0.29, 0.717) is 44.3 Å². The first kappa shape index (κ1) is 44.5. The Morgan fingerprint density at radius 1 is 1.02 bits per heavy atom. The molecule has 5 atom stereocenters. The molecule has 0 unspecified atom stereocenters. The van der Waals surface area contributed by atoms with Crippen molar-refractivity contribution in [3.63, 3.8) is 0 Å². The van der Waals surface area contributed by atoms with Crippen molar-refractivity contribution < 1.29 is 37.1 Å². The molecule has 62 heavy (non-hydrogen) atoms. The number of amides is 2. The van der Waals surface area contributed by atoms with E-state index in [1.165, 1.54) is 17.1 Å². The van der Waals surface area contributed by atoms with Crippen LogP contribution in [0, 0.1) is 17.3 Å². The van der Waals surface area contributed by atoms with E-state index in [-0.39, 0.29) is 49.5 Å². The molecule has 8 rings (SSSR count). The van der Waals surface area contributed by atoms with Crippen molar-refractivity contribution in [1.29, 1.82) is 0 Å². The molecule has 5 aliphatic rings. The van der Waals surface area contributed by atoms with Crippen molar-refractivity contribution in [2.45, 2.75) is 154 Å². The van der Waals surface area contributed by atoms with Crippen LogP contribution in [0.4, 0.5) is 0 Å². The normalized spacial score (nSPS) is 27.3. The van der Waals surface area contributed by atoms with Crippen molar-refractivity contribution in [1.82, 2.24) is 28.5 Å². The van der Waals surface area contributed by atoms with Gasteiger partial charge in [-0.15, -0.1) is 11.3 Å². The van der Waals surface area contributed by atoms with E-state index in [0.717, 1.165) is 65.8 Å². The average molecular weight is 891 g/mol. The summed E-state index contributed by atoms with van der Waals surface area (Å²) < 4.78 is 44.3. The average Bonchev–Trinajstić information content (AvgIpc) is 3.77. The van der Waals surface area contributed by atoms with Crippen LogP contribution >= 0.6 is 11.3 Å². The molecular weight excluding hydrogens is 829 g/mol. The molecule has 0 radical (unpaired) electrons. The van der Waals surface area contributed by atoms with Crippen molar-refractivity contribution in [3.8, 4) is 16.6 Å². The van der Waals surface area contributed by atoms with Gasteiger partial charge in [-0.3, -0.25) is 23.7 Å². The van der Waals surface area contributed by atoms with E-state index in [1.54, 1.807) is 37.0 Å². The number of Topliss-reactive ketones (excluding diaryl/α,β-unsaturated/α-hetero) is 1. The minimum Gasteiger partial charge on any atom is -0.460 e. The lowest BCUT2D eigenvalue weighted by molar-refractivity contribution is -0.159. The van der Waals surface area contributed by atoms with Gasteiger partial charge in [-0.1, -0.05) is 43.9 Å². The van der Waals surface area contributed by atoms with Crippen LogP contribution in [0.15, 0.2) is 35.7 Å². The van der Waals surface area contributed by atoms with Crippen molar-refractivity contribution in [3.05, 3.63) is 41.4 Å². The van der Waals surface area contributed by atoms with E-state index < -0.39 is 51.2 Å². The van der Waals surface area contributed by atoms with Crippen LogP contribution in [-0.4, -0.2) is 93.1 Å². The number of nitrogens with zero attached hydrogens (tertiary/aromatic N) is 5. The van der Waals surface area contributed by atoms with Crippen LogP contribution in [0.1, 0.15) is 142 Å². The van der Waals surface area contributed by atoms with Gasteiger partial charge in [0.15, 0.2) is 5.78 Å². The maximum absolute atomic E-state index is 14.8. The standard InChI is InChI=1S/C46H62N6O8S2/c1-29(2)52-36-20-13-19-34(41-47-35(28-61-41)30-15-11-12-16-30)40(36)48-44(52)59-33-24-37-38(53)26-46(43(56)49-62(57,58)50-21-14-22-50)25-32(46)18-10-8-6-7-9-17-31(42(55)51(37)27-33)23-39(54)60-45(3,4)5/h10,13,18-20,28-33,37H,6-9,11-12,14-17,21-27H2,1-5H3,(H,49,56)/b18-10-/t31-,32+,33-,37+,46-/m1/s1. The molecule has 1 N–H and O–H groups in total. The van der Waals surface area contributed by atoms with Crippen LogP contribution in [-0.2, 0) is 34.1 Å². The quantitative estimate of drug-likeness (QED) is 0.158. The summed E-state index contributed by atoms with van der Waals surface area (Å²) >= 11 is 1.63. The van der Waals surface area contributed by atoms with Gasteiger partial charge in [0.25, 0.3) is 6.01 Å². The molecule has 2 amide bonds. The molecule has 4 fully saturated rings. The summed E-state index contributed by atoms with van der Waals surface area (Å²) in [6.07, 6.45) is 12.4. The lowest BCUT2D eigenvalue weighted by atomic mass is 9.90. The highest BCUT2D eigenvalue weighted by molar-refractivity contribution is 7.87. The molecular formula is C46H62N6O8S2. The van der Waals surface area contributed by atoms with E-state index >= 15 is 0 Å². The molecule has 1 aromatic carbocycles. The number of thiazole rings is 1. The lowest BCUT2D eigenvalue weighted by Crippen LogP contribution is -2.52. The number of hydrogen-bond acceptors (Lipinski definition) is 11. The van der Waals surface area contributed by atoms with E-state index in [4.69, 9.17) is 19.4 Å². The fourth-order valence-electron chi connectivity index (χ4n) is 9.84. The van der Waals surface area contributed by atoms with Crippen LogP contribution < -0.4 is 9.46 Å². The Bertz CT molecular complexity index is 2320. The van der Waals surface area contributed by atoms with E-state index in [1.807, 2.05) is 34.9 Å². The van der Waals surface area contributed by atoms with Crippen molar-refractivity contribution >= 4 is 56.1 Å². The third-order valence-corrected chi connectivity index (χ3v) is 15.7. The lowest BCUT2D eigenvalue weighted by Gasteiger charge is -2.31. The molecule has 0 spiro atoms. The second-order valence-electron chi connectivity index (χ2n) is 19.4. The molecule has 2 aliphatic carbocycles. The van der Waals surface area contributed by atoms with Gasteiger partial charge in [-0.05, 0) is 97.6 Å². The maximum Gasteiger partial charge on any atom is 0.307 e. The number of esters is 1. The van der Waals surface area contributed by atoms with Gasteiger partial charge in [0.2, 0.25) is 11.8 Å². The number of fused-ring (bicyclic) bond motifs is 3. The topological polar surface area (TPSA) is 170 Å². The minimum absolute atomic E-state index is 0.0466. The number of carbonyl (C=O) groups excluding carboxylic acids is 4. The molecule has 3 aliphatic heterocycles. The monoisotopic (exact) mass is 890 g/mol. The third kappa shape index (κ3) is 9.38. The molecule has 5 heterocycles. The summed E-state index contributed by atoms with van der Waals surface area (Å²) in [6, 6.07) is 5.41. The zero-order chi connectivity index (χ0) is 44.0. The Morgan fingerprint density at radius 2 is 1.77 bits per heavy atom. The Balaban J connectivity index is 1.11. The van der Waals surface area contributed by atoms with Gasteiger partial charge in [0, 0.05) is 54.8 Å². The SMILES string of the molecule is CC(C)n1c(O[C@@H]2C[C@H]3C(=O)C[C@]4(C(=O)NS(=O)(=O)N5CCC5)C[C@@H]4/C=C\CCCCC[C@H](CC(=O)OC(C)(C)C)C(=O)N3C2)nc2c(-c3nc(C4CCCC4)cs3)cccc21. The number of benzene rings is 1. The zero-order valence-electron chi connectivity index (χ0n) is 36.8. The smallest absolute Gasteiger partial charge is 0.307 e. The molecule has 336 valence electrons. The molecule has 14 nitrogen and oxygen atoms in total. The highest BCUT2D eigenvalue weighted by Crippen LogP contribution is 2.57. The number of carbonyl (C=O) groups is 4. The van der Waals surface area contributed by atoms with Gasteiger partial charge in [0.05, 0.1) is 35.6 Å². The summed E-state index contributed by atoms with van der Waals surface area (Å²) in [4.78, 5) is 68.7. The second kappa shape index (κ2) is 17.8.